The van der Waals surface area contributed by atoms with Crippen LogP contribution in [-0.4, -0.2) is 25.5 Å². The van der Waals surface area contributed by atoms with Crippen LogP contribution in [0.3, 0.4) is 0 Å². The van der Waals surface area contributed by atoms with E-state index in [0.29, 0.717) is 6.42 Å². The summed E-state index contributed by atoms with van der Waals surface area (Å²) in [5, 5.41) is 3.33. The van der Waals surface area contributed by atoms with Crippen LogP contribution in [0.5, 0.6) is 0 Å². The highest BCUT2D eigenvalue weighted by atomic mass is 79.9. The minimum Gasteiger partial charge on any atom is -0.316 e. The highest BCUT2D eigenvalue weighted by Gasteiger charge is 2.27. The molecule has 18 heavy (non-hydrogen) atoms. The van der Waals surface area contributed by atoms with Gasteiger partial charge in [0.25, 0.3) is 0 Å². The zero-order valence-electron chi connectivity index (χ0n) is 10.9. The van der Waals surface area contributed by atoms with Crippen LogP contribution in [0.2, 0.25) is 0 Å². The molecule has 1 aliphatic rings. The van der Waals surface area contributed by atoms with Crippen molar-refractivity contribution in [2.45, 2.75) is 20.3 Å². The number of amides is 1. The molecule has 0 radical (unpaired) electrons. The molecule has 0 bridgehead atoms. The standard InChI is InChI=1S/C14H19BrN2O/c1-14(2)9-16-7-6-13(18)17(10-14)12-5-3-4-11(15)8-12/h3-5,8,16H,6-7,9-10H2,1-2H3. The number of rotatable bonds is 1. The van der Waals surface area contributed by atoms with Crippen molar-refractivity contribution >= 4 is 27.5 Å². The minimum absolute atomic E-state index is 0.0817. The van der Waals surface area contributed by atoms with E-state index in [4.69, 9.17) is 0 Å². The van der Waals surface area contributed by atoms with E-state index >= 15 is 0 Å². The molecule has 1 aromatic carbocycles. The lowest BCUT2D eigenvalue weighted by atomic mass is 9.91. The first-order chi connectivity index (χ1) is 8.48. The Hall–Kier alpha value is -0.870. The first-order valence-electron chi connectivity index (χ1n) is 6.25. The van der Waals surface area contributed by atoms with Crippen molar-refractivity contribution in [1.29, 1.82) is 0 Å². The molecule has 1 saturated heterocycles. The Balaban J connectivity index is 2.29. The van der Waals surface area contributed by atoms with Crippen molar-refractivity contribution in [3.63, 3.8) is 0 Å². The number of hydrogen-bond donors (Lipinski definition) is 1. The van der Waals surface area contributed by atoms with E-state index in [0.717, 1.165) is 29.8 Å². The second kappa shape index (κ2) is 5.41. The largest absolute Gasteiger partial charge is 0.316 e. The predicted octanol–water partition coefficient (Wildman–Crippen LogP) is 2.80. The van der Waals surface area contributed by atoms with Gasteiger partial charge in [0.2, 0.25) is 5.91 Å². The molecule has 1 aromatic rings. The second-order valence-electron chi connectivity index (χ2n) is 5.55. The summed E-state index contributed by atoms with van der Waals surface area (Å²) in [6, 6.07) is 7.94. The molecule has 1 aliphatic heterocycles. The van der Waals surface area contributed by atoms with Gasteiger partial charge in [-0.25, -0.2) is 0 Å². The highest BCUT2D eigenvalue weighted by Crippen LogP contribution is 2.26. The van der Waals surface area contributed by atoms with Crippen LogP contribution in [0.1, 0.15) is 20.3 Å². The monoisotopic (exact) mass is 310 g/mol. The van der Waals surface area contributed by atoms with Crippen LogP contribution in [0.25, 0.3) is 0 Å². The number of benzene rings is 1. The lowest BCUT2D eigenvalue weighted by Crippen LogP contribution is -2.47. The summed E-state index contributed by atoms with van der Waals surface area (Å²) in [6.07, 6.45) is 0.558. The van der Waals surface area contributed by atoms with Gasteiger partial charge in [-0.3, -0.25) is 4.79 Å². The van der Waals surface area contributed by atoms with E-state index in [9.17, 15) is 4.79 Å². The van der Waals surface area contributed by atoms with Gasteiger partial charge in [-0.05, 0) is 23.6 Å². The second-order valence-corrected chi connectivity index (χ2v) is 6.47. The zero-order valence-corrected chi connectivity index (χ0v) is 12.5. The SMILES string of the molecule is CC1(C)CNCCC(=O)N(c2cccc(Br)c2)C1. The molecule has 0 unspecified atom stereocenters. The lowest BCUT2D eigenvalue weighted by Gasteiger charge is -2.35. The average molecular weight is 311 g/mol. The van der Waals surface area contributed by atoms with Crippen LogP contribution in [0.15, 0.2) is 28.7 Å². The smallest absolute Gasteiger partial charge is 0.228 e. The third kappa shape index (κ3) is 3.33. The molecule has 98 valence electrons. The number of anilines is 1. The van der Waals surface area contributed by atoms with Gasteiger partial charge in [-0.1, -0.05) is 35.8 Å². The maximum Gasteiger partial charge on any atom is 0.228 e. The number of carbonyl (C=O) groups excluding carboxylic acids is 1. The predicted molar refractivity (Wildman–Crippen MR) is 77.8 cm³/mol. The van der Waals surface area contributed by atoms with E-state index < -0.39 is 0 Å². The van der Waals surface area contributed by atoms with Crippen molar-refractivity contribution < 1.29 is 4.79 Å². The van der Waals surface area contributed by atoms with Crippen molar-refractivity contribution in [2.75, 3.05) is 24.5 Å². The fourth-order valence-electron chi connectivity index (χ4n) is 2.21. The molecule has 1 N–H and O–H groups in total. The van der Waals surface area contributed by atoms with Gasteiger partial charge in [-0.2, -0.15) is 0 Å². The Morgan fingerprint density at radius 3 is 2.89 bits per heavy atom. The van der Waals surface area contributed by atoms with E-state index in [1.165, 1.54) is 0 Å². The summed E-state index contributed by atoms with van der Waals surface area (Å²) >= 11 is 3.46. The summed E-state index contributed by atoms with van der Waals surface area (Å²) in [7, 11) is 0. The number of nitrogens with zero attached hydrogens (tertiary/aromatic N) is 1. The topological polar surface area (TPSA) is 32.3 Å². The molecule has 1 amide bonds. The first kappa shape index (κ1) is 13.6. The van der Waals surface area contributed by atoms with Gasteiger partial charge in [-0.15, -0.1) is 0 Å². The average Bonchev–Trinajstić information content (AvgIpc) is 2.30. The Labute approximate surface area is 117 Å². The molecular weight excluding hydrogens is 292 g/mol. The molecule has 0 atom stereocenters. The fraction of sp³-hybridized carbons (Fsp3) is 0.500. The number of hydrogen-bond acceptors (Lipinski definition) is 2. The molecule has 0 spiro atoms. The Morgan fingerprint density at radius 1 is 1.39 bits per heavy atom. The normalized spacial score (nSPS) is 20.4. The van der Waals surface area contributed by atoms with Crippen LogP contribution in [0.4, 0.5) is 5.69 Å². The van der Waals surface area contributed by atoms with Crippen molar-refractivity contribution in [1.82, 2.24) is 5.32 Å². The van der Waals surface area contributed by atoms with Gasteiger partial charge in [0.15, 0.2) is 0 Å². The zero-order chi connectivity index (χ0) is 13.2. The quantitative estimate of drug-likeness (QED) is 0.865. The fourth-order valence-corrected chi connectivity index (χ4v) is 2.60. The number of nitrogens with one attached hydrogen (secondary N) is 1. The lowest BCUT2D eigenvalue weighted by molar-refractivity contribution is -0.119. The molecule has 0 aromatic heterocycles. The third-order valence-corrected chi connectivity index (χ3v) is 3.62. The molecule has 2 rings (SSSR count). The van der Waals surface area contributed by atoms with Crippen molar-refractivity contribution in [2.24, 2.45) is 5.41 Å². The van der Waals surface area contributed by atoms with Crippen LogP contribution in [0, 0.1) is 5.41 Å². The summed E-state index contributed by atoms with van der Waals surface area (Å²) < 4.78 is 1.01. The summed E-state index contributed by atoms with van der Waals surface area (Å²) in [6.45, 7) is 6.81. The molecular formula is C14H19BrN2O. The maximum atomic E-state index is 12.2. The van der Waals surface area contributed by atoms with Crippen molar-refractivity contribution in [3.8, 4) is 0 Å². The molecule has 1 heterocycles. The van der Waals surface area contributed by atoms with Gasteiger partial charge in [0, 0.05) is 36.2 Å². The van der Waals surface area contributed by atoms with Crippen LogP contribution >= 0.6 is 15.9 Å². The third-order valence-electron chi connectivity index (χ3n) is 3.13. The minimum atomic E-state index is 0.0817. The van der Waals surface area contributed by atoms with Gasteiger partial charge in [0.05, 0.1) is 0 Å². The van der Waals surface area contributed by atoms with E-state index in [-0.39, 0.29) is 11.3 Å². The molecule has 4 heteroatoms. The number of carbonyl (C=O) groups is 1. The van der Waals surface area contributed by atoms with Crippen LogP contribution < -0.4 is 10.2 Å². The van der Waals surface area contributed by atoms with Gasteiger partial charge < -0.3 is 10.2 Å². The van der Waals surface area contributed by atoms with Crippen LogP contribution in [-0.2, 0) is 4.79 Å². The molecule has 3 nitrogen and oxygen atoms in total. The molecule has 0 saturated carbocycles. The Kier molecular flexibility index (Phi) is 4.07. The van der Waals surface area contributed by atoms with Gasteiger partial charge >= 0.3 is 0 Å². The summed E-state index contributed by atoms with van der Waals surface area (Å²) in [5.41, 5.74) is 1.06. The van der Waals surface area contributed by atoms with Gasteiger partial charge in [0.1, 0.15) is 0 Å². The van der Waals surface area contributed by atoms with E-state index in [1.54, 1.807) is 0 Å². The Bertz CT molecular complexity index is 445. The number of halogens is 1. The Morgan fingerprint density at radius 2 is 2.17 bits per heavy atom. The highest BCUT2D eigenvalue weighted by molar-refractivity contribution is 9.10. The first-order valence-corrected chi connectivity index (χ1v) is 7.04. The van der Waals surface area contributed by atoms with Crippen molar-refractivity contribution in [3.05, 3.63) is 28.7 Å². The summed E-state index contributed by atoms with van der Waals surface area (Å²) in [5.74, 6) is 0.188. The molecule has 0 aliphatic carbocycles. The van der Waals surface area contributed by atoms with E-state index in [1.807, 2.05) is 29.2 Å². The summed E-state index contributed by atoms with van der Waals surface area (Å²) in [4.78, 5) is 14.1. The molecule has 1 fully saturated rings. The maximum absolute atomic E-state index is 12.2. The van der Waals surface area contributed by atoms with E-state index in [2.05, 4.69) is 35.1 Å².